The third-order valence-corrected chi connectivity index (χ3v) is 9.07. The maximum Gasteiger partial charge on any atom is 0.453 e. The minimum absolute atomic E-state index is 0.00436. The van der Waals surface area contributed by atoms with Crippen LogP contribution in [0.2, 0.25) is 0 Å². The van der Waals surface area contributed by atoms with Gasteiger partial charge in [0, 0.05) is 42.4 Å². The van der Waals surface area contributed by atoms with Crippen molar-refractivity contribution in [2.24, 2.45) is 10.8 Å². The van der Waals surface area contributed by atoms with Crippen LogP contribution >= 0.6 is 11.3 Å². The van der Waals surface area contributed by atoms with Crippen molar-refractivity contribution in [3.05, 3.63) is 28.2 Å². The summed E-state index contributed by atoms with van der Waals surface area (Å²) in [5.41, 5.74) is -0.812. The molecule has 0 radical (unpaired) electrons. The summed E-state index contributed by atoms with van der Waals surface area (Å²) in [4.78, 5) is 25.7. The highest BCUT2D eigenvalue weighted by Crippen LogP contribution is 2.54. The minimum Gasteiger partial charge on any atom is -0.323 e. The lowest BCUT2D eigenvalue weighted by Crippen LogP contribution is -2.70. The summed E-state index contributed by atoms with van der Waals surface area (Å²) in [7, 11) is 0. The number of amides is 2. The van der Waals surface area contributed by atoms with Gasteiger partial charge in [0.05, 0.1) is 12.6 Å². The normalized spacial score (nSPS) is 23.7. The Morgan fingerprint density at radius 2 is 1.59 bits per heavy atom. The van der Waals surface area contributed by atoms with Crippen molar-refractivity contribution >= 4 is 17.4 Å². The molecule has 202 valence electrons. The number of carbonyl (C=O) groups excluding carboxylic acids is 1. The first-order valence-corrected chi connectivity index (χ1v) is 13.0. The number of halogens is 6. The predicted octanol–water partition coefficient (Wildman–Crippen LogP) is 4.13. The van der Waals surface area contributed by atoms with Crippen molar-refractivity contribution in [1.82, 2.24) is 34.4 Å². The van der Waals surface area contributed by atoms with E-state index in [2.05, 4.69) is 20.0 Å². The van der Waals surface area contributed by atoms with Crippen molar-refractivity contribution in [1.29, 1.82) is 0 Å². The number of carbonyl (C=O) groups is 1. The summed E-state index contributed by atoms with van der Waals surface area (Å²) in [5, 5.41) is 5.08. The van der Waals surface area contributed by atoms with Gasteiger partial charge in [-0.3, -0.25) is 4.90 Å². The molecule has 0 atom stereocenters. The molecule has 15 heteroatoms. The number of piperidine rings is 1. The summed E-state index contributed by atoms with van der Waals surface area (Å²) in [6, 6.07) is -0.118. The van der Waals surface area contributed by atoms with E-state index in [0.717, 1.165) is 49.0 Å². The Labute approximate surface area is 212 Å². The van der Waals surface area contributed by atoms with E-state index in [1.165, 1.54) is 4.68 Å². The SMILES string of the molecule is O=C(N1CC2(CCN(Cc3nc(C(F)(F)F)cs3)CC2)C1)N1CC2(CC(n3cnc(C(F)(F)F)n3)C2)C1. The molecule has 1 aliphatic carbocycles. The highest BCUT2D eigenvalue weighted by atomic mass is 32.1. The number of hydrogen-bond acceptors (Lipinski definition) is 6. The Bertz CT molecular complexity index is 1160. The van der Waals surface area contributed by atoms with E-state index in [1.807, 2.05) is 4.90 Å². The van der Waals surface area contributed by atoms with Gasteiger partial charge in [0.1, 0.15) is 11.3 Å². The Kier molecular flexibility index (Phi) is 5.58. The Morgan fingerprint density at radius 1 is 0.973 bits per heavy atom. The summed E-state index contributed by atoms with van der Waals surface area (Å²) < 4.78 is 77.8. The van der Waals surface area contributed by atoms with Gasteiger partial charge in [-0.1, -0.05) is 0 Å². The lowest BCUT2D eigenvalue weighted by atomic mass is 9.60. The van der Waals surface area contributed by atoms with Crippen LogP contribution in [0.4, 0.5) is 31.1 Å². The van der Waals surface area contributed by atoms with Crippen LogP contribution < -0.4 is 0 Å². The second-order valence-corrected chi connectivity index (χ2v) is 11.9. The zero-order valence-electron chi connectivity index (χ0n) is 19.7. The minimum atomic E-state index is -4.56. The van der Waals surface area contributed by atoms with Gasteiger partial charge < -0.3 is 9.80 Å². The van der Waals surface area contributed by atoms with Gasteiger partial charge in [-0.2, -0.15) is 26.3 Å². The number of thiazole rings is 1. The van der Waals surface area contributed by atoms with Crippen molar-refractivity contribution in [3.8, 4) is 0 Å². The molecular weight excluding hydrogens is 524 g/mol. The van der Waals surface area contributed by atoms with E-state index in [1.54, 1.807) is 4.90 Å². The van der Waals surface area contributed by atoms with Crippen LogP contribution in [-0.4, -0.2) is 79.7 Å². The number of likely N-dealkylation sites (tertiary alicyclic amines) is 3. The molecule has 3 aliphatic heterocycles. The van der Waals surface area contributed by atoms with Crippen molar-refractivity contribution < 1.29 is 31.1 Å². The lowest BCUT2D eigenvalue weighted by Gasteiger charge is -2.61. The molecule has 4 aliphatic rings. The summed E-state index contributed by atoms with van der Waals surface area (Å²) in [6.07, 6.45) is -4.71. The van der Waals surface area contributed by atoms with E-state index < -0.39 is 23.9 Å². The average molecular weight is 550 g/mol. The molecule has 4 fully saturated rings. The highest BCUT2D eigenvalue weighted by molar-refractivity contribution is 7.09. The fourth-order valence-electron chi connectivity index (χ4n) is 6.17. The molecule has 6 rings (SSSR count). The van der Waals surface area contributed by atoms with Gasteiger partial charge in [0.25, 0.3) is 5.82 Å². The maximum absolute atomic E-state index is 12.9. The third kappa shape index (κ3) is 4.57. The van der Waals surface area contributed by atoms with Crippen LogP contribution in [0.25, 0.3) is 0 Å². The second kappa shape index (κ2) is 8.29. The predicted molar refractivity (Wildman–Crippen MR) is 118 cm³/mol. The van der Waals surface area contributed by atoms with Gasteiger partial charge >= 0.3 is 18.4 Å². The molecule has 5 heterocycles. The van der Waals surface area contributed by atoms with Crippen LogP contribution in [0.15, 0.2) is 11.7 Å². The first-order valence-electron chi connectivity index (χ1n) is 12.1. The molecule has 2 aromatic rings. The highest BCUT2D eigenvalue weighted by Gasteiger charge is 2.57. The van der Waals surface area contributed by atoms with Crippen LogP contribution in [0.5, 0.6) is 0 Å². The molecule has 0 bridgehead atoms. The summed E-state index contributed by atoms with van der Waals surface area (Å²) in [5.74, 6) is -1.13. The number of nitrogens with zero attached hydrogens (tertiary/aromatic N) is 7. The van der Waals surface area contributed by atoms with E-state index in [9.17, 15) is 31.1 Å². The zero-order valence-corrected chi connectivity index (χ0v) is 20.5. The molecular formula is C22H25F6N7OS. The Hall–Kier alpha value is -2.42. The van der Waals surface area contributed by atoms with Gasteiger partial charge in [-0.15, -0.1) is 16.4 Å². The molecule has 0 aromatic carbocycles. The Balaban J connectivity index is 0.926. The standard InChI is InChI=1S/C22H25F6N7OS/c23-21(24,25)15-8-37-16(30-15)7-32-3-1-19(2-4-32)9-33(10-19)18(36)34-11-20(12-34)5-14(6-20)35-13-29-17(31-35)22(26,27)28/h8,13-14H,1-7,9-12H2. The lowest BCUT2D eigenvalue weighted by molar-refractivity contribution is -0.145. The van der Waals surface area contributed by atoms with E-state index >= 15 is 0 Å². The van der Waals surface area contributed by atoms with Crippen LogP contribution in [-0.2, 0) is 18.9 Å². The quantitative estimate of drug-likeness (QED) is 0.539. The monoisotopic (exact) mass is 549 g/mol. The van der Waals surface area contributed by atoms with Crippen LogP contribution in [0.3, 0.4) is 0 Å². The largest absolute Gasteiger partial charge is 0.453 e. The third-order valence-electron chi connectivity index (χ3n) is 8.24. The number of aromatic nitrogens is 4. The number of alkyl halides is 6. The number of urea groups is 1. The number of hydrogen-bond donors (Lipinski definition) is 0. The van der Waals surface area contributed by atoms with Crippen LogP contribution in [0.1, 0.15) is 48.3 Å². The molecule has 1 saturated carbocycles. The maximum atomic E-state index is 12.9. The van der Waals surface area contributed by atoms with Crippen molar-refractivity contribution in [3.63, 3.8) is 0 Å². The van der Waals surface area contributed by atoms with Gasteiger partial charge in [0.15, 0.2) is 5.69 Å². The van der Waals surface area contributed by atoms with E-state index in [4.69, 9.17) is 0 Å². The Morgan fingerprint density at radius 3 is 2.14 bits per heavy atom. The number of rotatable bonds is 3. The molecule has 2 aromatic heterocycles. The first-order chi connectivity index (χ1) is 17.3. The zero-order chi connectivity index (χ0) is 26.2. The molecule has 0 unspecified atom stereocenters. The molecule has 37 heavy (non-hydrogen) atoms. The summed E-state index contributed by atoms with van der Waals surface area (Å²) in [6.45, 7) is 4.50. The molecule has 0 N–H and O–H groups in total. The van der Waals surface area contributed by atoms with Crippen molar-refractivity contribution in [2.75, 3.05) is 39.3 Å². The van der Waals surface area contributed by atoms with Crippen molar-refractivity contribution in [2.45, 2.75) is 50.6 Å². The summed E-state index contributed by atoms with van der Waals surface area (Å²) >= 11 is 1.03. The van der Waals surface area contributed by atoms with Crippen LogP contribution in [0, 0.1) is 10.8 Å². The smallest absolute Gasteiger partial charge is 0.323 e. The fourth-order valence-corrected chi connectivity index (χ4v) is 7.01. The van der Waals surface area contributed by atoms with E-state index in [-0.39, 0.29) is 22.9 Å². The van der Waals surface area contributed by atoms with Gasteiger partial charge in [-0.25, -0.2) is 19.4 Å². The molecule has 2 amide bonds. The fraction of sp³-hybridized carbons (Fsp3) is 0.727. The topological polar surface area (TPSA) is 70.4 Å². The van der Waals surface area contributed by atoms with E-state index in [0.29, 0.717) is 50.6 Å². The first kappa shape index (κ1) is 24.9. The molecule has 8 nitrogen and oxygen atoms in total. The second-order valence-electron chi connectivity index (χ2n) is 11.0. The van der Waals surface area contributed by atoms with Gasteiger partial charge in [0.2, 0.25) is 0 Å². The average Bonchev–Trinajstić information content (AvgIpc) is 3.40. The molecule has 3 saturated heterocycles. The molecule has 2 spiro atoms. The van der Waals surface area contributed by atoms with Gasteiger partial charge in [-0.05, 0) is 38.8 Å².